The third-order valence-electron chi connectivity index (χ3n) is 2.17. The second-order valence-corrected chi connectivity index (χ2v) is 4.49. The van der Waals surface area contributed by atoms with Crippen molar-refractivity contribution in [1.82, 2.24) is 9.97 Å². The number of aromatic amines is 2. The maximum absolute atomic E-state index is 11.6. The second-order valence-electron chi connectivity index (χ2n) is 3.57. The Balaban J connectivity index is 2.07. The van der Waals surface area contributed by atoms with Crippen molar-refractivity contribution in [1.29, 1.82) is 0 Å². The molecule has 2 amide bonds. The van der Waals surface area contributed by atoms with Crippen molar-refractivity contribution in [2.75, 3.05) is 10.6 Å². The molecule has 0 unspecified atom stereocenters. The summed E-state index contributed by atoms with van der Waals surface area (Å²) in [4.78, 5) is 38.0. The lowest BCUT2D eigenvalue weighted by Gasteiger charge is -2.06. The molecule has 0 bridgehead atoms. The van der Waals surface area contributed by atoms with Gasteiger partial charge < -0.3 is 15.6 Å². The summed E-state index contributed by atoms with van der Waals surface area (Å²) in [5.41, 5.74) is -0.783. The van der Waals surface area contributed by atoms with Crippen molar-refractivity contribution in [3.8, 4) is 0 Å². The van der Waals surface area contributed by atoms with Gasteiger partial charge in [-0.15, -0.1) is 0 Å². The zero-order chi connectivity index (χ0) is 13.8. The van der Waals surface area contributed by atoms with E-state index in [2.05, 4.69) is 31.5 Å². The molecule has 8 heteroatoms. The number of urea groups is 1. The van der Waals surface area contributed by atoms with Gasteiger partial charge in [0, 0.05) is 16.4 Å². The standard InChI is InChI=1S/C11H9BrN4O3/c12-6-1-3-7(4-2-6)14-11(19)15-8-5-13-10(18)16-9(8)17/h1-5H,(H2,14,15,19)(H2,13,16,17,18). The molecular weight excluding hydrogens is 316 g/mol. The van der Waals surface area contributed by atoms with Crippen molar-refractivity contribution in [2.45, 2.75) is 0 Å². The lowest BCUT2D eigenvalue weighted by molar-refractivity contribution is 0.262. The smallest absolute Gasteiger partial charge is 0.312 e. The van der Waals surface area contributed by atoms with Crippen LogP contribution in [0.25, 0.3) is 0 Å². The molecule has 0 saturated carbocycles. The number of aromatic nitrogens is 2. The second kappa shape index (κ2) is 5.53. The van der Waals surface area contributed by atoms with E-state index in [9.17, 15) is 14.4 Å². The Hall–Kier alpha value is -2.35. The number of carbonyl (C=O) groups is 1. The molecule has 0 aliphatic rings. The number of amides is 2. The number of halogens is 1. The number of benzene rings is 1. The van der Waals surface area contributed by atoms with Gasteiger partial charge in [-0.05, 0) is 24.3 Å². The first-order valence-corrected chi connectivity index (χ1v) is 5.99. The molecule has 1 heterocycles. The van der Waals surface area contributed by atoms with E-state index in [1.807, 2.05) is 4.98 Å². The molecule has 0 aliphatic carbocycles. The molecule has 0 fully saturated rings. The molecule has 19 heavy (non-hydrogen) atoms. The van der Waals surface area contributed by atoms with Gasteiger partial charge >= 0.3 is 11.7 Å². The molecule has 0 aliphatic heterocycles. The molecule has 0 saturated heterocycles. The molecule has 0 spiro atoms. The van der Waals surface area contributed by atoms with E-state index in [1.54, 1.807) is 24.3 Å². The van der Waals surface area contributed by atoms with E-state index in [4.69, 9.17) is 0 Å². The largest absolute Gasteiger partial charge is 0.325 e. The molecule has 1 aromatic carbocycles. The molecule has 2 aromatic rings. The van der Waals surface area contributed by atoms with Gasteiger partial charge in [0.25, 0.3) is 5.56 Å². The Labute approximate surface area is 115 Å². The van der Waals surface area contributed by atoms with Crippen LogP contribution in [0.3, 0.4) is 0 Å². The Morgan fingerprint density at radius 1 is 1.11 bits per heavy atom. The number of anilines is 2. The van der Waals surface area contributed by atoms with Crippen LogP contribution < -0.4 is 21.9 Å². The number of nitrogens with one attached hydrogen (secondary N) is 4. The average molecular weight is 325 g/mol. The van der Waals surface area contributed by atoms with Crippen LogP contribution >= 0.6 is 15.9 Å². The minimum Gasteiger partial charge on any atom is -0.312 e. The van der Waals surface area contributed by atoms with E-state index in [0.717, 1.165) is 10.7 Å². The van der Waals surface area contributed by atoms with E-state index >= 15 is 0 Å². The first-order chi connectivity index (χ1) is 9.04. The fraction of sp³-hybridized carbons (Fsp3) is 0. The molecule has 7 nitrogen and oxygen atoms in total. The monoisotopic (exact) mass is 324 g/mol. The minimum atomic E-state index is -0.672. The summed E-state index contributed by atoms with van der Waals surface area (Å²) in [6.07, 6.45) is 1.13. The lowest BCUT2D eigenvalue weighted by atomic mass is 10.3. The topological polar surface area (TPSA) is 107 Å². The fourth-order valence-electron chi connectivity index (χ4n) is 1.32. The van der Waals surface area contributed by atoms with Crippen molar-refractivity contribution >= 4 is 33.3 Å². The van der Waals surface area contributed by atoms with E-state index in [-0.39, 0.29) is 5.69 Å². The zero-order valence-corrected chi connectivity index (χ0v) is 11.1. The Morgan fingerprint density at radius 2 is 1.79 bits per heavy atom. The van der Waals surface area contributed by atoms with Gasteiger partial charge in [0.2, 0.25) is 0 Å². The van der Waals surface area contributed by atoms with E-state index in [1.165, 1.54) is 0 Å². The summed E-state index contributed by atoms with van der Waals surface area (Å²) in [7, 11) is 0. The molecular formula is C11H9BrN4O3. The number of hydrogen-bond donors (Lipinski definition) is 4. The first kappa shape index (κ1) is 13.1. The molecule has 0 atom stereocenters. The van der Waals surface area contributed by atoms with Crippen molar-refractivity contribution in [2.24, 2.45) is 0 Å². The van der Waals surface area contributed by atoms with Crippen molar-refractivity contribution in [3.63, 3.8) is 0 Å². The molecule has 0 radical (unpaired) electrons. The van der Waals surface area contributed by atoms with E-state index < -0.39 is 17.3 Å². The Morgan fingerprint density at radius 3 is 2.42 bits per heavy atom. The highest BCUT2D eigenvalue weighted by Crippen LogP contribution is 2.14. The summed E-state index contributed by atoms with van der Waals surface area (Å²) >= 11 is 3.27. The Kier molecular flexibility index (Phi) is 3.81. The van der Waals surface area contributed by atoms with Gasteiger partial charge in [-0.1, -0.05) is 15.9 Å². The molecule has 2 rings (SSSR count). The third-order valence-corrected chi connectivity index (χ3v) is 2.70. The highest BCUT2D eigenvalue weighted by molar-refractivity contribution is 9.10. The maximum atomic E-state index is 11.6. The normalized spacial score (nSPS) is 9.95. The average Bonchev–Trinajstić information content (AvgIpc) is 2.36. The van der Waals surface area contributed by atoms with Crippen LogP contribution in [-0.4, -0.2) is 16.0 Å². The molecule has 98 valence electrons. The van der Waals surface area contributed by atoms with Crippen LogP contribution in [0.5, 0.6) is 0 Å². The fourth-order valence-corrected chi connectivity index (χ4v) is 1.58. The SMILES string of the molecule is O=C(Nc1ccc(Br)cc1)Nc1c[nH]c(=O)[nH]c1=O. The quantitative estimate of drug-likeness (QED) is 0.671. The van der Waals surface area contributed by atoms with Gasteiger partial charge in [0.1, 0.15) is 5.69 Å². The number of carbonyl (C=O) groups excluding carboxylic acids is 1. The van der Waals surface area contributed by atoms with Gasteiger partial charge in [0.05, 0.1) is 0 Å². The van der Waals surface area contributed by atoms with Gasteiger partial charge in [0.15, 0.2) is 0 Å². The van der Waals surface area contributed by atoms with Crippen LogP contribution in [0, 0.1) is 0 Å². The predicted octanol–water partition coefficient (Wildman–Crippen LogP) is 1.47. The number of hydrogen-bond acceptors (Lipinski definition) is 3. The van der Waals surface area contributed by atoms with Crippen LogP contribution in [0.2, 0.25) is 0 Å². The molecule has 1 aromatic heterocycles. The number of rotatable bonds is 2. The van der Waals surface area contributed by atoms with E-state index in [0.29, 0.717) is 5.69 Å². The zero-order valence-electron chi connectivity index (χ0n) is 9.49. The summed E-state index contributed by atoms with van der Waals surface area (Å²) in [5, 5.41) is 4.87. The molecule has 4 N–H and O–H groups in total. The van der Waals surface area contributed by atoms with Gasteiger partial charge in [-0.3, -0.25) is 9.78 Å². The van der Waals surface area contributed by atoms with Crippen molar-refractivity contribution < 1.29 is 4.79 Å². The summed E-state index contributed by atoms with van der Waals surface area (Å²) in [6.45, 7) is 0. The van der Waals surface area contributed by atoms with Crippen LogP contribution in [0.1, 0.15) is 0 Å². The van der Waals surface area contributed by atoms with Crippen LogP contribution in [0.4, 0.5) is 16.2 Å². The predicted molar refractivity (Wildman–Crippen MR) is 74.5 cm³/mol. The van der Waals surface area contributed by atoms with Crippen molar-refractivity contribution in [3.05, 3.63) is 55.8 Å². The number of H-pyrrole nitrogens is 2. The van der Waals surface area contributed by atoms with Gasteiger partial charge in [-0.25, -0.2) is 9.59 Å². The maximum Gasteiger partial charge on any atom is 0.325 e. The lowest BCUT2D eigenvalue weighted by Crippen LogP contribution is -2.28. The van der Waals surface area contributed by atoms with Crippen LogP contribution in [0.15, 0.2) is 44.5 Å². The summed E-state index contributed by atoms with van der Waals surface area (Å²) in [6, 6.07) is 6.34. The summed E-state index contributed by atoms with van der Waals surface area (Å²) in [5.74, 6) is 0. The first-order valence-electron chi connectivity index (χ1n) is 5.20. The van der Waals surface area contributed by atoms with Crippen LogP contribution in [-0.2, 0) is 0 Å². The Bertz CT molecular complexity index is 705. The third kappa shape index (κ3) is 3.55. The highest BCUT2D eigenvalue weighted by atomic mass is 79.9. The minimum absolute atomic E-state index is 0.0470. The van der Waals surface area contributed by atoms with Gasteiger partial charge in [-0.2, -0.15) is 0 Å². The highest BCUT2D eigenvalue weighted by Gasteiger charge is 2.06. The summed E-state index contributed by atoms with van der Waals surface area (Å²) < 4.78 is 0.885.